The molecule has 0 radical (unpaired) electrons. The molecule has 0 spiro atoms. The van der Waals surface area contributed by atoms with Gasteiger partial charge in [0.25, 0.3) is 0 Å². The van der Waals surface area contributed by atoms with Gasteiger partial charge in [0.1, 0.15) is 5.54 Å². The van der Waals surface area contributed by atoms with Crippen LogP contribution in [0.2, 0.25) is 0 Å². The molecule has 0 bridgehead atoms. The van der Waals surface area contributed by atoms with Crippen LogP contribution >= 0.6 is 0 Å². The van der Waals surface area contributed by atoms with E-state index in [-0.39, 0.29) is 5.91 Å². The highest BCUT2D eigenvalue weighted by molar-refractivity contribution is 5.80. The Morgan fingerprint density at radius 3 is 2.24 bits per heavy atom. The molecule has 0 unspecified atom stereocenters. The predicted octanol–water partition coefficient (Wildman–Crippen LogP) is 0.548. The summed E-state index contributed by atoms with van der Waals surface area (Å²) in [6.45, 7) is 4.46. The second-order valence-electron chi connectivity index (χ2n) is 5.04. The Morgan fingerprint density at radius 1 is 1.06 bits per heavy atom. The molecule has 0 aromatic heterocycles. The maximum Gasteiger partial charge on any atom is 0.324 e. The van der Waals surface area contributed by atoms with Crippen LogP contribution in [-0.4, -0.2) is 58.5 Å². The molecule has 0 atom stereocenters. The van der Waals surface area contributed by atoms with E-state index in [4.69, 9.17) is 0 Å². The van der Waals surface area contributed by atoms with Crippen LogP contribution in [0.25, 0.3) is 0 Å². The summed E-state index contributed by atoms with van der Waals surface area (Å²) in [6.07, 6.45) is 3.37. The van der Waals surface area contributed by atoms with Crippen molar-refractivity contribution in [2.75, 3.05) is 26.2 Å². The molecular formula is C12H20N2O3. The summed E-state index contributed by atoms with van der Waals surface area (Å²) in [5.41, 5.74) is -0.632. The van der Waals surface area contributed by atoms with E-state index in [1.807, 2.05) is 4.90 Å². The molecule has 17 heavy (non-hydrogen) atoms. The van der Waals surface area contributed by atoms with Crippen LogP contribution in [0.4, 0.5) is 0 Å². The van der Waals surface area contributed by atoms with Crippen molar-refractivity contribution in [2.45, 2.75) is 38.1 Å². The molecule has 1 aliphatic heterocycles. The first kappa shape index (κ1) is 12.4. The number of hydrogen-bond donors (Lipinski definition) is 1. The summed E-state index contributed by atoms with van der Waals surface area (Å²) >= 11 is 0. The number of carbonyl (C=O) groups is 2. The van der Waals surface area contributed by atoms with Gasteiger partial charge in [-0.05, 0) is 25.7 Å². The van der Waals surface area contributed by atoms with Gasteiger partial charge in [0.2, 0.25) is 5.91 Å². The zero-order chi connectivity index (χ0) is 12.5. The summed E-state index contributed by atoms with van der Waals surface area (Å²) in [4.78, 5) is 26.6. The topological polar surface area (TPSA) is 60.9 Å². The number of rotatable bonds is 2. The molecule has 2 aliphatic rings. The van der Waals surface area contributed by atoms with Crippen LogP contribution < -0.4 is 0 Å². The lowest BCUT2D eigenvalue weighted by Gasteiger charge is -2.46. The summed E-state index contributed by atoms with van der Waals surface area (Å²) < 4.78 is 0. The lowest BCUT2D eigenvalue weighted by molar-refractivity contribution is -0.158. The Bertz CT molecular complexity index is 326. The van der Waals surface area contributed by atoms with Crippen LogP contribution in [0, 0.1) is 0 Å². The fraction of sp³-hybridized carbons (Fsp3) is 0.833. The molecule has 96 valence electrons. The Kier molecular flexibility index (Phi) is 3.38. The Morgan fingerprint density at radius 2 is 1.76 bits per heavy atom. The number of carboxylic acids is 1. The SMILES string of the molecule is CC(=O)N1CCCN(C2(C(=O)O)CCC2)CC1. The molecule has 1 saturated carbocycles. The number of nitrogens with zero attached hydrogens (tertiary/aromatic N) is 2. The summed E-state index contributed by atoms with van der Waals surface area (Å²) in [6, 6.07) is 0. The van der Waals surface area contributed by atoms with Crippen LogP contribution in [0.5, 0.6) is 0 Å². The predicted molar refractivity (Wildman–Crippen MR) is 62.7 cm³/mol. The minimum Gasteiger partial charge on any atom is -0.480 e. The van der Waals surface area contributed by atoms with E-state index in [0.29, 0.717) is 13.1 Å². The third kappa shape index (κ3) is 2.16. The first-order chi connectivity index (χ1) is 8.06. The third-order valence-corrected chi connectivity index (χ3v) is 4.13. The van der Waals surface area contributed by atoms with Gasteiger partial charge in [-0.1, -0.05) is 0 Å². The number of amides is 1. The van der Waals surface area contributed by atoms with Crippen molar-refractivity contribution in [2.24, 2.45) is 0 Å². The van der Waals surface area contributed by atoms with Gasteiger partial charge in [0.05, 0.1) is 0 Å². The van der Waals surface area contributed by atoms with E-state index in [0.717, 1.165) is 38.8 Å². The van der Waals surface area contributed by atoms with Crippen LogP contribution in [-0.2, 0) is 9.59 Å². The van der Waals surface area contributed by atoms with E-state index in [1.165, 1.54) is 0 Å². The van der Waals surface area contributed by atoms with Crippen molar-refractivity contribution in [1.82, 2.24) is 9.80 Å². The van der Waals surface area contributed by atoms with E-state index in [1.54, 1.807) is 6.92 Å². The summed E-state index contributed by atoms with van der Waals surface area (Å²) in [5, 5.41) is 9.38. The number of carboxylic acid groups (broad SMARTS) is 1. The van der Waals surface area contributed by atoms with Gasteiger partial charge in [0, 0.05) is 33.1 Å². The van der Waals surface area contributed by atoms with Gasteiger partial charge in [-0.25, -0.2) is 0 Å². The molecule has 5 heteroatoms. The lowest BCUT2D eigenvalue weighted by Crippen LogP contribution is -2.60. The Hall–Kier alpha value is -1.10. The first-order valence-electron chi connectivity index (χ1n) is 6.30. The van der Waals surface area contributed by atoms with Gasteiger partial charge in [0.15, 0.2) is 0 Å². The Labute approximate surface area is 101 Å². The minimum atomic E-state index is -0.694. The second-order valence-corrected chi connectivity index (χ2v) is 5.04. The second kappa shape index (κ2) is 4.64. The Balaban J connectivity index is 2.03. The smallest absolute Gasteiger partial charge is 0.324 e. The zero-order valence-electron chi connectivity index (χ0n) is 10.3. The van der Waals surface area contributed by atoms with Crippen molar-refractivity contribution < 1.29 is 14.7 Å². The van der Waals surface area contributed by atoms with Crippen LogP contribution in [0.3, 0.4) is 0 Å². The highest BCUT2D eigenvalue weighted by atomic mass is 16.4. The normalized spacial score (nSPS) is 24.9. The molecule has 1 N–H and O–H groups in total. The zero-order valence-corrected chi connectivity index (χ0v) is 10.3. The molecule has 2 fully saturated rings. The fourth-order valence-electron chi connectivity index (χ4n) is 2.84. The quantitative estimate of drug-likeness (QED) is 0.765. The van der Waals surface area contributed by atoms with Crippen LogP contribution in [0.1, 0.15) is 32.6 Å². The maximum absolute atomic E-state index is 11.4. The van der Waals surface area contributed by atoms with Crippen molar-refractivity contribution in [3.05, 3.63) is 0 Å². The highest BCUT2D eigenvalue weighted by Gasteiger charge is 2.49. The van der Waals surface area contributed by atoms with Gasteiger partial charge in [-0.15, -0.1) is 0 Å². The molecule has 1 saturated heterocycles. The standard InChI is InChI=1S/C12H20N2O3/c1-10(15)13-6-3-7-14(9-8-13)12(11(16)17)4-2-5-12/h2-9H2,1H3,(H,16,17). The monoisotopic (exact) mass is 240 g/mol. The summed E-state index contributed by atoms with van der Waals surface area (Å²) in [7, 11) is 0. The van der Waals surface area contributed by atoms with E-state index in [2.05, 4.69) is 4.90 Å². The number of hydrogen-bond acceptors (Lipinski definition) is 3. The van der Waals surface area contributed by atoms with Crippen LogP contribution in [0.15, 0.2) is 0 Å². The van der Waals surface area contributed by atoms with Crippen molar-refractivity contribution >= 4 is 11.9 Å². The highest BCUT2D eigenvalue weighted by Crippen LogP contribution is 2.38. The van der Waals surface area contributed by atoms with E-state index < -0.39 is 11.5 Å². The van der Waals surface area contributed by atoms with Gasteiger partial charge < -0.3 is 10.0 Å². The molecule has 5 nitrogen and oxygen atoms in total. The molecular weight excluding hydrogens is 220 g/mol. The molecule has 1 aliphatic carbocycles. The third-order valence-electron chi connectivity index (χ3n) is 4.13. The fourth-order valence-corrected chi connectivity index (χ4v) is 2.84. The molecule has 0 aromatic carbocycles. The van der Waals surface area contributed by atoms with Gasteiger partial charge in [-0.2, -0.15) is 0 Å². The average molecular weight is 240 g/mol. The minimum absolute atomic E-state index is 0.0878. The van der Waals surface area contributed by atoms with E-state index in [9.17, 15) is 14.7 Å². The lowest BCUT2D eigenvalue weighted by atomic mass is 9.75. The number of carbonyl (C=O) groups excluding carboxylic acids is 1. The van der Waals surface area contributed by atoms with Crippen molar-refractivity contribution in [3.63, 3.8) is 0 Å². The van der Waals surface area contributed by atoms with Crippen molar-refractivity contribution in [3.8, 4) is 0 Å². The van der Waals surface area contributed by atoms with Gasteiger partial charge in [-0.3, -0.25) is 14.5 Å². The maximum atomic E-state index is 11.4. The number of aliphatic carboxylic acids is 1. The first-order valence-corrected chi connectivity index (χ1v) is 6.30. The van der Waals surface area contributed by atoms with Crippen molar-refractivity contribution in [1.29, 1.82) is 0 Å². The molecule has 0 aromatic rings. The van der Waals surface area contributed by atoms with Gasteiger partial charge >= 0.3 is 5.97 Å². The molecule has 1 amide bonds. The summed E-state index contributed by atoms with van der Waals surface area (Å²) in [5.74, 6) is -0.607. The largest absolute Gasteiger partial charge is 0.480 e. The van der Waals surface area contributed by atoms with E-state index >= 15 is 0 Å². The molecule has 2 rings (SSSR count). The average Bonchev–Trinajstić information content (AvgIpc) is 2.41. The molecule has 1 heterocycles.